The third kappa shape index (κ3) is 3.80. The maximum Gasteiger partial charge on any atom is 0.308 e. The second kappa shape index (κ2) is 6.69. The van der Waals surface area contributed by atoms with E-state index in [9.17, 15) is 4.79 Å². The highest BCUT2D eigenvalue weighted by molar-refractivity contribution is 5.70. The maximum absolute atomic E-state index is 10.9. The molecule has 98 valence electrons. The van der Waals surface area contributed by atoms with E-state index in [4.69, 9.17) is 9.84 Å². The third-order valence-electron chi connectivity index (χ3n) is 2.70. The van der Waals surface area contributed by atoms with Gasteiger partial charge in [0, 0.05) is 18.8 Å². The first kappa shape index (κ1) is 14.1. The Kier molecular flexibility index (Phi) is 5.24. The second-order valence-corrected chi connectivity index (χ2v) is 4.13. The molecule has 0 aliphatic carbocycles. The van der Waals surface area contributed by atoms with E-state index in [1.807, 2.05) is 29.2 Å². The third-order valence-corrected chi connectivity index (χ3v) is 2.70. The Morgan fingerprint density at radius 2 is 2.11 bits per heavy atom. The molecule has 1 unspecified atom stereocenters. The highest BCUT2D eigenvalue weighted by Crippen LogP contribution is 2.20. The van der Waals surface area contributed by atoms with Crippen LogP contribution in [0.1, 0.15) is 6.92 Å². The van der Waals surface area contributed by atoms with Crippen LogP contribution in [0, 0.1) is 5.92 Å². The quantitative estimate of drug-likeness (QED) is 0.754. The first-order valence-corrected chi connectivity index (χ1v) is 5.81. The highest BCUT2D eigenvalue weighted by atomic mass is 16.5. The number of anilines is 1. The largest absolute Gasteiger partial charge is 0.497 e. The molecule has 4 nitrogen and oxygen atoms in total. The molecule has 0 radical (unpaired) electrons. The summed E-state index contributed by atoms with van der Waals surface area (Å²) >= 11 is 0. The molecule has 18 heavy (non-hydrogen) atoms. The van der Waals surface area contributed by atoms with Gasteiger partial charge >= 0.3 is 5.97 Å². The number of hydrogen-bond donors (Lipinski definition) is 1. The molecular weight excluding hydrogens is 230 g/mol. The van der Waals surface area contributed by atoms with E-state index in [0.29, 0.717) is 13.1 Å². The molecule has 0 aromatic heterocycles. The van der Waals surface area contributed by atoms with Gasteiger partial charge in [0.25, 0.3) is 0 Å². The molecule has 4 heteroatoms. The summed E-state index contributed by atoms with van der Waals surface area (Å²) in [5.41, 5.74) is 0.962. The number of carbonyl (C=O) groups is 1. The van der Waals surface area contributed by atoms with Crippen LogP contribution in [0.2, 0.25) is 0 Å². The fraction of sp³-hybridized carbons (Fsp3) is 0.357. The lowest BCUT2D eigenvalue weighted by atomic mass is 10.1. The molecular formula is C14H19NO3. The smallest absolute Gasteiger partial charge is 0.308 e. The molecule has 0 amide bonds. The standard InChI is InChI=1S/C14H19NO3/c1-4-9-15(10-11(2)14(16)17)12-5-7-13(18-3)8-6-12/h4-8,11H,1,9-10H2,2-3H3,(H,16,17). The minimum Gasteiger partial charge on any atom is -0.497 e. The van der Waals surface area contributed by atoms with Crippen molar-refractivity contribution in [2.24, 2.45) is 5.92 Å². The lowest BCUT2D eigenvalue weighted by molar-refractivity contribution is -0.140. The van der Waals surface area contributed by atoms with Crippen molar-refractivity contribution in [2.75, 3.05) is 25.1 Å². The Hall–Kier alpha value is -1.97. The first-order valence-electron chi connectivity index (χ1n) is 5.81. The fourth-order valence-electron chi connectivity index (χ4n) is 1.64. The summed E-state index contributed by atoms with van der Waals surface area (Å²) < 4.78 is 5.10. The maximum atomic E-state index is 10.9. The molecule has 0 fully saturated rings. The number of ether oxygens (including phenoxy) is 1. The number of benzene rings is 1. The van der Waals surface area contributed by atoms with Gasteiger partial charge in [-0.05, 0) is 24.3 Å². The Bertz CT molecular complexity index is 400. The van der Waals surface area contributed by atoms with Gasteiger partial charge in [-0.15, -0.1) is 6.58 Å². The number of aliphatic carboxylic acids is 1. The summed E-state index contributed by atoms with van der Waals surface area (Å²) in [6.45, 7) is 6.46. The Morgan fingerprint density at radius 1 is 1.50 bits per heavy atom. The van der Waals surface area contributed by atoms with Crippen molar-refractivity contribution in [3.8, 4) is 5.75 Å². The lowest BCUT2D eigenvalue weighted by Crippen LogP contribution is -2.31. The lowest BCUT2D eigenvalue weighted by Gasteiger charge is -2.25. The average Bonchev–Trinajstić information content (AvgIpc) is 2.38. The van der Waals surface area contributed by atoms with Gasteiger partial charge in [0.15, 0.2) is 0 Å². The highest BCUT2D eigenvalue weighted by Gasteiger charge is 2.15. The molecule has 0 bridgehead atoms. The van der Waals surface area contributed by atoms with Crippen molar-refractivity contribution in [1.29, 1.82) is 0 Å². The molecule has 0 heterocycles. The molecule has 0 aliphatic rings. The fourth-order valence-corrected chi connectivity index (χ4v) is 1.64. The van der Waals surface area contributed by atoms with Crippen LogP contribution in [0.4, 0.5) is 5.69 Å². The molecule has 1 N–H and O–H groups in total. The Morgan fingerprint density at radius 3 is 2.56 bits per heavy atom. The second-order valence-electron chi connectivity index (χ2n) is 4.13. The predicted molar refractivity (Wildman–Crippen MR) is 72.2 cm³/mol. The van der Waals surface area contributed by atoms with E-state index < -0.39 is 11.9 Å². The zero-order valence-corrected chi connectivity index (χ0v) is 10.8. The van der Waals surface area contributed by atoms with Crippen LogP contribution in [0.25, 0.3) is 0 Å². The zero-order valence-electron chi connectivity index (χ0n) is 10.8. The van der Waals surface area contributed by atoms with Crippen LogP contribution in [0.3, 0.4) is 0 Å². The number of carboxylic acid groups (broad SMARTS) is 1. The number of nitrogens with zero attached hydrogens (tertiary/aromatic N) is 1. The van der Waals surface area contributed by atoms with Gasteiger partial charge in [0.2, 0.25) is 0 Å². The molecule has 1 atom stereocenters. The zero-order chi connectivity index (χ0) is 13.5. The topological polar surface area (TPSA) is 49.8 Å². The molecule has 0 aliphatic heterocycles. The number of rotatable bonds is 7. The predicted octanol–water partition coefficient (Wildman–Crippen LogP) is 2.41. The van der Waals surface area contributed by atoms with Crippen molar-refractivity contribution >= 4 is 11.7 Å². The van der Waals surface area contributed by atoms with Gasteiger partial charge in [0.05, 0.1) is 13.0 Å². The summed E-state index contributed by atoms with van der Waals surface area (Å²) in [4.78, 5) is 12.9. The summed E-state index contributed by atoms with van der Waals surface area (Å²) in [7, 11) is 1.61. The van der Waals surface area contributed by atoms with Crippen LogP contribution in [0.15, 0.2) is 36.9 Å². The van der Waals surface area contributed by atoms with Gasteiger partial charge in [-0.3, -0.25) is 4.79 Å². The SMILES string of the molecule is C=CCN(CC(C)C(=O)O)c1ccc(OC)cc1. The van der Waals surface area contributed by atoms with Gasteiger partial charge < -0.3 is 14.7 Å². The van der Waals surface area contributed by atoms with Crippen molar-refractivity contribution < 1.29 is 14.6 Å². The molecule has 1 rings (SSSR count). The van der Waals surface area contributed by atoms with E-state index in [-0.39, 0.29) is 0 Å². The van der Waals surface area contributed by atoms with Gasteiger partial charge in [-0.2, -0.15) is 0 Å². The van der Waals surface area contributed by atoms with Crippen molar-refractivity contribution in [3.63, 3.8) is 0 Å². The van der Waals surface area contributed by atoms with E-state index in [2.05, 4.69) is 6.58 Å². The van der Waals surface area contributed by atoms with Crippen LogP contribution >= 0.6 is 0 Å². The van der Waals surface area contributed by atoms with Gasteiger partial charge in [0.1, 0.15) is 5.75 Å². The summed E-state index contributed by atoms with van der Waals surface area (Å²) in [6.07, 6.45) is 1.76. The molecule has 1 aromatic rings. The Balaban J connectivity index is 2.82. The molecule has 0 saturated heterocycles. The summed E-state index contributed by atoms with van der Waals surface area (Å²) in [5, 5.41) is 8.96. The summed E-state index contributed by atoms with van der Waals surface area (Å²) in [6, 6.07) is 7.54. The molecule has 0 saturated carbocycles. The van der Waals surface area contributed by atoms with Crippen molar-refractivity contribution in [3.05, 3.63) is 36.9 Å². The normalized spacial score (nSPS) is 11.7. The van der Waals surface area contributed by atoms with Gasteiger partial charge in [-0.1, -0.05) is 13.0 Å². The first-order chi connectivity index (χ1) is 8.58. The number of hydrogen-bond acceptors (Lipinski definition) is 3. The van der Waals surface area contributed by atoms with Crippen molar-refractivity contribution in [2.45, 2.75) is 6.92 Å². The Labute approximate surface area is 107 Å². The van der Waals surface area contributed by atoms with Crippen molar-refractivity contribution in [1.82, 2.24) is 0 Å². The van der Waals surface area contributed by atoms with Gasteiger partial charge in [-0.25, -0.2) is 0 Å². The van der Waals surface area contributed by atoms with E-state index in [1.54, 1.807) is 20.1 Å². The van der Waals surface area contributed by atoms with E-state index >= 15 is 0 Å². The minimum absolute atomic E-state index is 0.424. The van der Waals surface area contributed by atoms with Crippen LogP contribution < -0.4 is 9.64 Å². The van der Waals surface area contributed by atoms with E-state index in [0.717, 1.165) is 11.4 Å². The number of methoxy groups -OCH3 is 1. The number of carboxylic acids is 1. The monoisotopic (exact) mass is 249 g/mol. The minimum atomic E-state index is -0.794. The van der Waals surface area contributed by atoms with Crippen LogP contribution in [-0.2, 0) is 4.79 Å². The van der Waals surface area contributed by atoms with Crippen LogP contribution in [0.5, 0.6) is 5.75 Å². The van der Waals surface area contributed by atoms with Crippen LogP contribution in [-0.4, -0.2) is 31.3 Å². The summed E-state index contributed by atoms with van der Waals surface area (Å²) in [5.74, 6) is -0.437. The molecule has 1 aromatic carbocycles. The van der Waals surface area contributed by atoms with E-state index in [1.165, 1.54) is 0 Å². The average molecular weight is 249 g/mol. The molecule has 0 spiro atoms.